The molecule has 0 radical (unpaired) electrons. The van der Waals surface area contributed by atoms with Gasteiger partial charge in [0.05, 0.1) is 22.7 Å². The molecular formula is C31H25NO10. The van der Waals surface area contributed by atoms with Crippen LogP contribution in [0.5, 0.6) is 23.0 Å². The number of fused-ring (bicyclic) bond motifs is 1. The summed E-state index contributed by atoms with van der Waals surface area (Å²) in [5, 5.41) is 64.2. The second-order valence-corrected chi connectivity index (χ2v) is 9.72. The SMILES string of the molecule is O=C(N[C@@H]1c2ccccc2C[C@H]1OC(=O)c1cc(O)c(C(O)c2c(O)cccc2C(=O)O)c(O)c1)c1ccc(O)cc1. The number of aliphatic hydroxyl groups excluding tert-OH is 1. The van der Waals surface area contributed by atoms with Gasteiger partial charge < -0.3 is 40.7 Å². The molecule has 1 aliphatic carbocycles. The van der Waals surface area contributed by atoms with Gasteiger partial charge in [-0.3, -0.25) is 4.79 Å². The second-order valence-electron chi connectivity index (χ2n) is 9.72. The van der Waals surface area contributed by atoms with Crippen LogP contribution in [0.2, 0.25) is 0 Å². The molecule has 0 heterocycles. The van der Waals surface area contributed by atoms with E-state index in [1.807, 2.05) is 12.1 Å². The maximum absolute atomic E-state index is 13.2. The Labute approximate surface area is 238 Å². The summed E-state index contributed by atoms with van der Waals surface area (Å²) in [5.41, 5.74) is 0.143. The number of carboxylic acid groups (broad SMARTS) is 1. The van der Waals surface area contributed by atoms with Crippen molar-refractivity contribution in [1.82, 2.24) is 5.32 Å². The fraction of sp³-hybridized carbons (Fsp3) is 0.129. The monoisotopic (exact) mass is 571 g/mol. The number of carbonyl (C=O) groups is 3. The summed E-state index contributed by atoms with van der Waals surface area (Å²) in [7, 11) is 0. The third-order valence-corrected chi connectivity index (χ3v) is 7.09. The number of phenolic OH excluding ortho intramolecular Hbond substituents is 4. The molecule has 0 bridgehead atoms. The Kier molecular flexibility index (Phi) is 7.43. The molecule has 11 nitrogen and oxygen atoms in total. The lowest BCUT2D eigenvalue weighted by Gasteiger charge is -2.23. The van der Waals surface area contributed by atoms with Crippen molar-refractivity contribution in [3.8, 4) is 23.0 Å². The molecule has 0 aliphatic heterocycles. The van der Waals surface area contributed by atoms with E-state index in [0.717, 1.165) is 35.4 Å². The summed E-state index contributed by atoms with van der Waals surface area (Å²) in [5.74, 6) is -4.94. The van der Waals surface area contributed by atoms with Crippen molar-refractivity contribution < 1.29 is 49.8 Å². The van der Waals surface area contributed by atoms with Crippen LogP contribution < -0.4 is 5.32 Å². The van der Waals surface area contributed by atoms with Crippen molar-refractivity contribution in [2.45, 2.75) is 24.7 Å². The average molecular weight is 572 g/mol. The van der Waals surface area contributed by atoms with E-state index in [9.17, 15) is 45.0 Å². The molecule has 7 N–H and O–H groups in total. The van der Waals surface area contributed by atoms with Crippen molar-refractivity contribution in [2.24, 2.45) is 0 Å². The van der Waals surface area contributed by atoms with Gasteiger partial charge >= 0.3 is 11.9 Å². The number of benzene rings is 4. The zero-order valence-corrected chi connectivity index (χ0v) is 21.8. The third-order valence-electron chi connectivity index (χ3n) is 7.09. The van der Waals surface area contributed by atoms with Gasteiger partial charge in [0.25, 0.3) is 5.91 Å². The highest BCUT2D eigenvalue weighted by Gasteiger charge is 2.37. The first-order chi connectivity index (χ1) is 20.0. The van der Waals surface area contributed by atoms with Crippen LogP contribution in [0, 0.1) is 0 Å². The van der Waals surface area contributed by atoms with Crippen LogP contribution in [0.4, 0.5) is 0 Å². The van der Waals surface area contributed by atoms with E-state index in [1.54, 1.807) is 12.1 Å². The quantitative estimate of drug-likeness (QED) is 0.161. The standard InChI is InChI=1S/C31H25NO10/c33-18-10-8-15(9-11-18)29(38)32-27-19-5-2-1-4-16(19)14-24(27)42-31(41)17-12-22(35)26(23(36)13-17)28(37)25-20(30(39)40)6-3-7-21(25)34/h1-13,24,27-28,33-37H,14H2,(H,32,38)(H,39,40)/t24-,27-,28?/m1/s1. The topological polar surface area (TPSA) is 194 Å². The van der Waals surface area contributed by atoms with Crippen molar-refractivity contribution in [3.05, 3.63) is 118 Å². The molecule has 1 amide bonds. The minimum atomic E-state index is -1.95. The lowest BCUT2D eigenvalue weighted by atomic mass is 9.93. The first-order valence-electron chi connectivity index (χ1n) is 12.7. The van der Waals surface area contributed by atoms with Crippen LogP contribution in [0.1, 0.15) is 65.5 Å². The first-order valence-corrected chi connectivity index (χ1v) is 12.7. The Bertz CT molecular complexity index is 1680. The number of carbonyl (C=O) groups excluding carboxylic acids is 2. The van der Waals surface area contributed by atoms with E-state index in [-0.39, 0.29) is 23.3 Å². The van der Waals surface area contributed by atoms with Crippen molar-refractivity contribution in [2.75, 3.05) is 0 Å². The van der Waals surface area contributed by atoms with Crippen molar-refractivity contribution in [3.63, 3.8) is 0 Å². The summed E-state index contributed by atoms with van der Waals surface area (Å²) < 4.78 is 5.72. The molecule has 1 aliphatic rings. The molecule has 11 heteroatoms. The number of phenols is 4. The summed E-state index contributed by atoms with van der Waals surface area (Å²) in [6.07, 6.45) is -2.54. The third kappa shape index (κ3) is 5.28. The molecule has 0 saturated heterocycles. The molecule has 0 saturated carbocycles. The van der Waals surface area contributed by atoms with Gasteiger partial charge in [0.15, 0.2) is 0 Å². The van der Waals surface area contributed by atoms with Crippen LogP contribution >= 0.6 is 0 Å². The van der Waals surface area contributed by atoms with Gasteiger partial charge in [-0.05, 0) is 59.7 Å². The van der Waals surface area contributed by atoms with Crippen LogP contribution in [0.3, 0.4) is 0 Å². The number of rotatable bonds is 7. The fourth-order valence-corrected chi connectivity index (χ4v) is 5.07. The van der Waals surface area contributed by atoms with Gasteiger partial charge in [0.1, 0.15) is 35.2 Å². The summed E-state index contributed by atoms with van der Waals surface area (Å²) in [6, 6.07) is 17.5. The van der Waals surface area contributed by atoms with E-state index in [2.05, 4.69) is 5.32 Å². The lowest BCUT2D eigenvalue weighted by molar-refractivity contribution is 0.0229. The van der Waals surface area contributed by atoms with Crippen molar-refractivity contribution in [1.29, 1.82) is 0 Å². The number of carboxylic acids is 1. The number of amides is 1. The molecule has 1 unspecified atom stereocenters. The Balaban J connectivity index is 1.40. The fourth-order valence-electron chi connectivity index (χ4n) is 5.07. The van der Waals surface area contributed by atoms with E-state index >= 15 is 0 Å². The molecule has 5 rings (SSSR count). The van der Waals surface area contributed by atoms with Gasteiger partial charge in [0.2, 0.25) is 0 Å². The number of hydrogen-bond acceptors (Lipinski definition) is 9. The number of esters is 1. The van der Waals surface area contributed by atoms with Crippen LogP contribution in [-0.4, -0.2) is 54.6 Å². The average Bonchev–Trinajstić information content (AvgIpc) is 3.29. The maximum atomic E-state index is 13.2. The predicted molar refractivity (Wildman–Crippen MR) is 147 cm³/mol. The summed E-state index contributed by atoms with van der Waals surface area (Å²) >= 11 is 0. The minimum absolute atomic E-state index is 0.00231. The minimum Gasteiger partial charge on any atom is -0.508 e. The zero-order chi connectivity index (χ0) is 30.1. The van der Waals surface area contributed by atoms with Crippen LogP contribution in [0.25, 0.3) is 0 Å². The molecule has 0 spiro atoms. The molecule has 0 fully saturated rings. The molecule has 0 aromatic heterocycles. The number of ether oxygens (including phenoxy) is 1. The largest absolute Gasteiger partial charge is 0.508 e. The molecule has 4 aromatic carbocycles. The second kappa shape index (κ2) is 11.1. The number of aliphatic hydroxyl groups is 1. The highest BCUT2D eigenvalue weighted by Crippen LogP contribution is 2.42. The Hall–Kier alpha value is -5.55. The van der Waals surface area contributed by atoms with E-state index in [0.29, 0.717) is 0 Å². The van der Waals surface area contributed by atoms with Crippen LogP contribution in [0.15, 0.2) is 78.9 Å². The highest BCUT2D eigenvalue weighted by molar-refractivity contribution is 5.95. The lowest BCUT2D eigenvalue weighted by Crippen LogP contribution is -2.36. The van der Waals surface area contributed by atoms with Gasteiger partial charge in [-0.25, -0.2) is 9.59 Å². The van der Waals surface area contributed by atoms with Crippen molar-refractivity contribution >= 4 is 17.8 Å². The highest BCUT2D eigenvalue weighted by atomic mass is 16.5. The maximum Gasteiger partial charge on any atom is 0.338 e. The number of nitrogens with one attached hydrogen (secondary N) is 1. The molecule has 214 valence electrons. The molecule has 4 aromatic rings. The smallest absolute Gasteiger partial charge is 0.338 e. The number of hydrogen-bond donors (Lipinski definition) is 7. The van der Waals surface area contributed by atoms with Gasteiger partial charge in [-0.2, -0.15) is 0 Å². The summed E-state index contributed by atoms with van der Waals surface area (Å²) in [6.45, 7) is 0. The molecular weight excluding hydrogens is 546 g/mol. The number of aromatic carboxylic acids is 1. The Morgan fingerprint density at radius 1 is 0.786 bits per heavy atom. The summed E-state index contributed by atoms with van der Waals surface area (Å²) in [4.78, 5) is 37.7. The Morgan fingerprint density at radius 2 is 1.45 bits per heavy atom. The van der Waals surface area contributed by atoms with E-state index < -0.39 is 70.0 Å². The van der Waals surface area contributed by atoms with Gasteiger partial charge in [-0.1, -0.05) is 30.3 Å². The number of aromatic hydroxyl groups is 4. The normalized spacial score (nSPS) is 16.3. The van der Waals surface area contributed by atoms with Gasteiger partial charge in [-0.15, -0.1) is 0 Å². The molecule has 3 atom stereocenters. The van der Waals surface area contributed by atoms with E-state index in [4.69, 9.17) is 4.74 Å². The molecule has 42 heavy (non-hydrogen) atoms. The first kappa shape index (κ1) is 28.0. The van der Waals surface area contributed by atoms with Crippen LogP contribution in [-0.2, 0) is 11.2 Å². The van der Waals surface area contributed by atoms with Gasteiger partial charge in [0, 0.05) is 17.5 Å². The predicted octanol–water partition coefficient (Wildman–Crippen LogP) is 3.54. The Morgan fingerprint density at radius 3 is 2.12 bits per heavy atom. The zero-order valence-electron chi connectivity index (χ0n) is 21.8. The van der Waals surface area contributed by atoms with E-state index in [1.165, 1.54) is 30.3 Å².